The van der Waals surface area contributed by atoms with Gasteiger partial charge in [-0.1, -0.05) is 6.92 Å². The van der Waals surface area contributed by atoms with E-state index in [1.54, 1.807) is 0 Å². The molecule has 0 heterocycles. The van der Waals surface area contributed by atoms with Crippen molar-refractivity contribution in [2.45, 2.75) is 13.3 Å². The fraction of sp³-hybridized carbons (Fsp3) is 1.00. The molecule has 58 valence electrons. The third kappa shape index (κ3) is 119. The molecule has 0 aromatic carbocycles. The Kier molecular flexibility index (Phi) is 301. The van der Waals surface area contributed by atoms with Gasteiger partial charge in [0.2, 0.25) is 0 Å². The summed E-state index contributed by atoms with van der Waals surface area (Å²) in [5.41, 5.74) is 5.03. The maximum Gasteiger partial charge on any atom is -0.00799 e. The quantitative estimate of drug-likeness (QED) is 0.556. The molecule has 5 heteroatoms. The highest BCUT2D eigenvalue weighted by Crippen LogP contribution is 1.57. The minimum Gasteiger partial charge on any atom is -0.330 e. The number of rotatable bonds is 1. The molecule has 0 rings (SSSR count). The van der Waals surface area contributed by atoms with Gasteiger partial charge in [-0.25, -0.2) is 0 Å². The second kappa shape index (κ2) is 57.7. The predicted octanol–water partition coefficient (Wildman–Crippen LogP) is 0.871. The van der Waals surface area contributed by atoms with Crippen molar-refractivity contribution in [1.29, 1.82) is 0 Å². The van der Waals surface area contributed by atoms with Crippen molar-refractivity contribution >= 4 is 9.90 Å². The highest BCUT2D eigenvalue weighted by Gasteiger charge is 1.55. The second-order valence-corrected chi connectivity index (χ2v) is 0.789. The van der Waals surface area contributed by atoms with Crippen LogP contribution < -0.4 is 5.73 Å². The molecule has 0 aliphatic rings. The average molecular weight is 153 g/mol. The first kappa shape index (κ1) is 41.7. The highest BCUT2D eigenvalue weighted by molar-refractivity contribution is 6.92. The normalized spacial score (nSPS) is 3.75. The van der Waals surface area contributed by atoms with Gasteiger partial charge in [-0.05, 0) is 13.0 Å². The lowest BCUT2D eigenvalue weighted by Crippen LogP contribution is -1.93. The molecular weight excluding hydrogens is 138 g/mol. The van der Waals surface area contributed by atoms with Crippen LogP contribution in [0.4, 0.5) is 14.1 Å². The Morgan fingerprint density at radius 3 is 1.25 bits per heavy atom. The molecule has 0 aliphatic heterocycles. The summed E-state index contributed by atoms with van der Waals surface area (Å²) in [4.78, 5) is 0. The van der Waals surface area contributed by atoms with E-state index in [1.165, 1.54) is 0 Å². The van der Waals surface area contributed by atoms with Crippen molar-refractivity contribution in [2.24, 2.45) is 5.73 Å². The van der Waals surface area contributed by atoms with Crippen molar-refractivity contribution in [1.82, 2.24) is 0 Å². The topological polar surface area (TPSA) is 26.0 Å². The first-order valence-electron chi connectivity index (χ1n) is 1.62. The third-order valence-corrected chi connectivity index (χ3v) is 0.289. The minimum absolute atomic E-state index is 0. The zero-order valence-corrected chi connectivity index (χ0v) is 6.34. The Morgan fingerprint density at radius 2 is 1.25 bits per heavy atom. The average Bonchev–Trinajstić information content (AvgIpc) is 1.37. The number of hydrogen-bond donors (Lipinski definition) is 1. The molecule has 0 saturated heterocycles. The largest absolute Gasteiger partial charge is 0.330 e. The van der Waals surface area contributed by atoms with E-state index in [-0.39, 0.29) is 24.0 Å². The van der Waals surface area contributed by atoms with E-state index in [2.05, 4.69) is 6.92 Å². The Labute approximate surface area is 50.7 Å². The van der Waals surface area contributed by atoms with Crippen LogP contribution in [-0.2, 0) is 0 Å². The van der Waals surface area contributed by atoms with Gasteiger partial charge in [0.1, 0.15) is 0 Å². The van der Waals surface area contributed by atoms with Gasteiger partial charge in [0.15, 0.2) is 0 Å². The summed E-state index contributed by atoms with van der Waals surface area (Å²) < 4.78 is 0. The van der Waals surface area contributed by atoms with E-state index in [1.807, 2.05) is 0 Å². The van der Waals surface area contributed by atoms with E-state index in [4.69, 9.17) is 5.73 Å². The molecule has 1 unspecified atom stereocenters. The van der Waals surface area contributed by atoms with Crippen LogP contribution in [0.25, 0.3) is 0 Å². The molecular formula is C3H15F3NP. The zero-order chi connectivity index (χ0) is 3.41. The minimum atomic E-state index is 0. The molecule has 0 amide bonds. The summed E-state index contributed by atoms with van der Waals surface area (Å²) in [5, 5.41) is 0. The van der Waals surface area contributed by atoms with Gasteiger partial charge < -0.3 is 5.73 Å². The van der Waals surface area contributed by atoms with Gasteiger partial charge in [0, 0.05) is 0 Å². The van der Waals surface area contributed by atoms with E-state index >= 15 is 0 Å². The van der Waals surface area contributed by atoms with Crippen molar-refractivity contribution in [2.75, 3.05) is 6.54 Å². The maximum absolute atomic E-state index is 5.03. The van der Waals surface area contributed by atoms with Crippen LogP contribution in [0.3, 0.4) is 0 Å². The van der Waals surface area contributed by atoms with Gasteiger partial charge in [-0.15, -0.1) is 0 Å². The Balaban J connectivity index is -0.00000000750. The van der Waals surface area contributed by atoms with Gasteiger partial charge >= 0.3 is 0 Å². The van der Waals surface area contributed by atoms with Crippen LogP contribution in [0.1, 0.15) is 13.3 Å². The first-order valence-corrected chi connectivity index (χ1v) is 1.62. The van der Waals surface area contributed by atoms with Gasteiger partial charge in [0.25, 0.3) is 0 Å². The summed E-state index contributed by atoms with van der Waals surface area (Å²) in [7, 11) is 0. The first-order chi connectivity index (χ1) is 1.91. The second-order valence-electron chi connectivity index (χ2n) is 0.789. The Morgan fingerprint density at radius 1 is 1.12 bits per heavy atom. The van der Waals surface area contributed by atoms with Crippen molar-refractivity contribution in [3.05, 3.63) is 0 Å². The fourth-order valence-corrected chi connectivity index (χ4v) is 0. The molecule has 1 nitrogen and oxygen atoms in total. The van der Waals surface area contributed by atoms with Gasteiger partial charge in [0.05, 0.1) is 0 Å². The van der Waals surface area contributed by atoms with Gasteiger partial charge in [-0.2, -0.15) is 9.90 Å². The molecule has 0 bridgehead atoms. The van der Waals surface area contributed by atoms with Crippen molar-refractivity contribution in [3.63, 3.8) is 0 Å². The van der Waals surface area contributed by atoms with Crippen molar-refractivity contribution < 1.29 is 14.1 Å². The van der Waals surface area contributed by atoms with Crippen LogP contribution in [0.2, 0.25) is 0 Å². The summed E-state index contributed by atoms with van der Waals surface area (Å²) in [6.07, 6.45) is 1.10. The summed E-state index contributed by atoms with van der Waals surface area (Å²) >= 11 is 0. The SMILES string of the molecule is CCCN.F.F.F.P. The summed E-state index contributed by atoms with van der Waals surface area (Å²) in [6.45, 7) is 2.88. The monoisotopic (exact) mass is 153 g/mol. The molecule has 0 radical (unpaired) electrons. The van der Waals surface area contributed by atoms with E-state index in [9.17, 15) is 0 Å². The standard InChI is InChI=1S/C3H9N.3FH.H3P/c1-2-3-4;;;;/h2-4H2,1H3;3*1H;1H3. The van der Waals surface area contributed by atoms with E-state index in [0.29, 0.717) is 0 Å². The molecule has 2 N–H and O–H groups in total. The maximum atomic E-state index is 5.03. The zero-order valence-electron chi connectivity index (χ0n) is 4.92. The molecule has 1 atom stereocenters. The van der Waals surface area contributed by atoms with Crippen LogP contribution in [0, 0.1) is 0 Å². The lowest BCUT2D eigenvalue weighted by molar-refractivity contribution is 0.932. The lowest BCUT2D eigenvalue weighted by atomic mass is 10.5. The predicted molar refractivity (Wildman–Crippen MR) is 38.0 cm³/mol. The Bertz CT molecular complexity index is 16.5. The number of halogens is 3. The molecule has 0 aliphatic carbocycles. The molecule has 8 heavy (non-hydrogen) atoms. The smallest absolute Gasteiger partial charge is 0.00799 e. The van der Waals surface area contributed by atoms with Crippen LogP contribution in [-0.4, -0.2) is 6.54 Å². The third-order valence-electron chi connectivity index (χ3n) is 0.289. The highest BCUT2D eigenvalue weighted by atomic mass is 31.0. The molecule has 0 saturated carbocycles. The molecule has 0 fully saturated rings. The van der Waals surface area contributed by atoms with Crippen LogP contribution >= 0.6 is 9.90 Å². The van der Waals surface area contributed by atoms with E-state index in [0.717, 1.165) is 13.0 Å². The molecule has 0 aromatic rings. The van der Waals surface area contributed by atoms with Crippen molar-refractivity contribution in [3.8, 4) is 0 Å². The fourth-order valence-electron chi connectivity index (χ4n) is 0. The number of nitrogens with two attached hydrogens (primary N) is 1. The lowest BCUT2D eigenvalue weighted by Gasteiger charge is -1.70. The Hall–Kier alpha value is 0.180. The molecule has 0 aromatic heterocycles. The summed E-state index contributed by atoms with van der Waals surface area (Å²) in [6, 6.07) is 0. The summed E-state index contributed by atoms with van der Waals surface area (Å²) in [5.74, 6) is 0. The molecule has 0 spiro atoms. The van der Waals surface area contributed by atoms with Gasteiger partial charge in [-0.3, -0.25) is 14.1 Å². The number of hydrogen-bond acceptors (Lipinski definition) is 1. The van der Waals surface area contributed by atoms with E-state index < -0.39 is 0 Å². The van der Waals surface area contributed by atoms with Crippen LogP contribution in [0.15, 0.2) is 0 Å². The van der Waals surface area contributed by atoms with Crippen LogP contribution in [0.5, 0.6) is 0 Å².